The predicted octanol–water partition coefficient (Wildman–Crippen LogP) is 5.41. The number of halogens is 3. The summed E-state index contributed by atoms with van der Waals surface area (Å²) in [6.07, 6.45) is -4.75. The van der Waals surface area contributed by atoms with Gasteiger partial charge in [-0.15, -0.1) is 0 Å². The van der Waals surface area contributed by atoms with Gasteiger partial charge < -0.3 is 15.0 Å². The lowest BCUT2D eigenvalue weighted by Gasteiger charge is -2.32. The van der Waals surface area contributed by atoms with E-state index in [0.717, 1.165) is 17.7 Å². The van der Waals surface area contributed by atoms with Gasteiger partial charge in [-0.25, -0.2) is 8.42 Å². The Bertz CT molecular complexity index is 1530. The van der Waals surface area contributed by atoms with Crippen LogP contribution in [0.4, 0.5) is 18.9 Å². The molecule has 0 saturated carbocycles. The van der Waals surface area contributed by atoms with E-state index < -0.39 is 46.2 Å². The zero-order chi connectivity index (χ0) is 31.9. The fourth-order valence-corrected chi connectivity index (χ4v) is 5.61. The second-order valence-corrected chi connectivity index (χ2v) is 12.4. The summed E-state index contributed by atoms with van der Waals surface area (Å²) in [5.74, 6) is -0.607. The van der Waals surface area contributed by atoms with Crippen molar-refractivity contribution in [1.29, 1.82) is 0 Å². The van der Waals surface area contributed by atoms with Gasteiger partial charge >= 0.3 is 6.18 Å². The topological polar surface area (TPSA) is 96.0 Å². The number of benzene rings is 3. The van der Waals surface area contributed by atoms with E-state index in [1.807, 2.05) is 13.8 Å². The molecule has 0 saturated heterocycles. The summed E-state index contributed by atoms with van der Waals surface area (Å²) in [4.78, 5) is 28.1. The minimum absolute atomic E-state index is 0.0900. The Kier molecular flexibility index (Phi) is 10.8. The van der Waals surface area contributed by atoms with E-state index in [1.54, 1.807) is 43.3 Å². The minimum atomic E-state index is -4.75. The van der Waals surface area contributed by atoms with Gasteiger partial charge in [0.1, 0.15) is 18.3 Å². The first-order valence-corrected chi connectivity index (χ1v) is 15.0. The Balaban J connectivity index is 2.08. The first-order chi connectivity index (χ1) is 20.1. The minimum Gasteiger partial charge on any atom is -0.497 e. The number of aryl methyl sites for hydroxylation is 1. The average molecular weight is 620 g/mol. The first-order valence-electron chi connectivity index (χ1n) is 13.6. The monoisotopic (exact) mass is 619 g/mol. The summed E-state index contributed by atoms with van der Waals surface area (Å²) in [6.45, 7) is 6.49. The van der Waals surface area contributed by atoms with Crippen LogP contribution >= 0.6 is 0 Å². The Morgan fingerprint density at radius 2 is 1.60 bits per heavy atom. The van der Waals surface area contributed by atoms with Crippen molar-refractivity contribution in [2.75, 3.05) is 24.5 Å². The van der Waals surface area contributed by atoms with E-state index in [2.05, 4.69) is 5.32 Å². The highest BCUT2D eigenvalue weighted by atomic mass is 32.2. The maximum absolute atomic E-state index is 14.0. The molecular formula is C31H36F3N3O5S. The number of carbonyl (C=O) groups excluding carboxylic acids is 2. The molecule has 0 fully saturated rings. The molecule has 3 aromatic rings. The maximum Gasteiger partial charge on any atom is 0.416 e. The van der Waals surface area contributed by atoms with Crippen molar-refractivity contribution in [3.63, 3.8) is 0 Å². The smallest absolute Gasteiger partial charge is 0.416 e. The summed E-state index contributed by atoms with van der Waals surface area (Å²) in [6, 6.07) is 15.3. The highest BCUT2D eigenvalue weighted by molar-refractivity contribution is 7.92. The number of nitrogens with one attached hydrogen (secondary N) is 1. The molecule has 0 aliphatic rings. The SMILES string of the molecule is COc1cccc(CN(C(=O)CN(c2cccc(C(F)(F)F)c2)S(=O)(=O)c2ccc(C)cc2)C(C)C(=O)NCC(C)C)c1. The molecule has 0 radical (unpaired) electrons. The van der Waals surface area contributed by atoms with E-state index in [1.165, 1.54) is 37.1 Å². The normalized spacial score (nSPS) is 12.5. The summed E-state index contributed by atoms with van der Waals surface area (Å²) in [7, 11) is -3.04. The third kappa shape index (κ3) is 8.73. The van der Waals surface area contributed by atoms with Crippen molar-refractivity contribution in [2.24, 2.45) is 5.92 Å². The van der Waals surface area contributed by atoms with Crippen LogP contribution in [0.3, 0.4) is 0 Å². The largest absolute Gasteiger partial charge is 0.497 e. The lowest BCUT2D eigenvalue weighted by Crippen LogP contribution is -2.51. The first kappa shape index (κ1) is 33.4. The lowest BCUT2D eigenvalue weighted by atomic mass is 10.1. The Labute approximate surface area is 250 Å². The molecule has 0 spiro atoms. The molecule has 3 aromatic carbocycles. The molecule has 12 heteroatoms. The van der Waals surface area contributed by atoms with Gasteiger partial charge in [-0.3, -0.25) is 13.9 Å². The second kappa shape index (κ2) is 13.9. The van der Waals surface area contributed by atoms with E-state index in [-0.39, 0.29) is 23.0 Å². The number of hydrogen-bond donors (Lipinski definition) is 1. The zero-order valence-electron chi connectivity index (χ0n) is 24.7. The standard InChI is InChI=1S/C31H36F3N3O5S/c1-21(2)18-35-30(39)23(4)36(19-24-8-6-11-27(16-24)42-5)29(38)20-37(26-10-7-9-25(17-26)31(32,33)34)43(40,41)28-14-12-22(3)13-15-28/h6-17,21,23H,18-20H2,1-5H3,(H,35,39). The number of carbonyl (C=O) groups is 2. The molecule has 43 heavy (non-hydrogen) atoms. The Morgan fingerprint density at radius 3 is 2.21 bits per heavy atom. The number of nitrogens with zero attached hydrogens (tertiary/aromatic N) is 2. The molecule has 2 amide bonds. The molecule has 1 N–H and O–H groups in total. The number of alkyl halides is 3. The van der Waals surface area contributed by atoms with Gasteiger partial charge in [0, 0.05) is 13.1 Å². The molecule has 0 aromatic heterocycles. The van der Waals surface area contributed by atoms with Crippen LogP contribution in [-0.4, -0.2) is 51.4 Å². The average Bonchev–Trinajstić information content (AvgIpc) is 2.96. The summed E-state index contributed by atoms with van der Waals surface area (Å²) in [5.41, 5.74) is -0.0484. The second-order valence-electron chi connectivity index (χ2n) is 10.6. The van der Waals surface area contributed by atoms with E-state index >= 15 is 0 Å². The number of methoxy groups -OCH3 is 1. The van der Waals surface area contributed by atoms with Crippen molar-refractivity contribution in [3.8, 4) is 5.75 Å². The molecule has 0 bridgehead atoms. The van der Waals surface area contributed by atoms with Gasteiger partial charge in [0.05, 0.1) is 23.3 Å². The number of sulfonamides is 1. The van der Waals surface area contributed by atoms with Crippen LogP contribution in [0.5, 0.6) is 5.75 Å². The van der Waals surface area contributed by atoms with Crippen molar-refractivity contribution in [3.05, 3.63) is 89.5 Å². The molecule has 0 heterocycles. The van der Waals surface area contributed by atoms with Crippen LogP contribution < -0.4 is 14.4 Å². The highest BCUT2D eigenvalue weighted by Gasteiger charge is 2.35. The zero-order valence-corrected chi connectivity index (χ0v) is 25.5. The predicted molar refractivity (Wildman–Crippen MR) is 158 cm³/mol. The number of amides is 2. The third-order valence-corrected chi connectivity index (χ3v) is 8.48. The fraction of sp³-hybridized carbons (Fsp3) is 0.355. The van der Waals surface area contributed by atoms with Crippen LogP contribution in [0.1, 0.15) is 37.5 Å². The highest BCUT2D eigenvalue weighted by Crippen LogP contribution is 2.33. The summed E-state index contributed by atoms with van der Waals surface area (Å²) >= 11 is 0. The number of hydrogen-bond acceptors (Lipinski definition) is 5. The molecule has 232 valence electrons. The van der Waals surface area contributed by atoms with E-state index in [0.29, 0.717) is 28.2 Å². The van der Waals surface area contributed by atoms with Crippen molar-refractivity contribution >= 4 is 27.5 Å². The van der Waals surface area contributed by atoms with Crippen molar-refractivity contribution < 1.29 is 35.9 Å². The molecular weight excluding hydrogens is 583 g/mol. The number of ether oxygens (including phenoxy) is 1. The van der Waals surface area contributed by atoms with Crippen LogP contribution in [0.2, 0.25) is 0 Å². The third-order valence-electron chi connectivity index (χ3n) is 6.69. The maximum atomic E-state index is 14.0. The van der Waals surface area contributed by atoms with E-state index in [4.69, 9.17) is 4.74 Å². The van der Waals surface area contributed by atoms with Gasteiger partial charge in [-0.1, -0.05) is 49.7 Å². The summed E-state index contributed by atoms with van der Waals surface area (Å²) in [5, 5.41) is 2.78. The van der Waals surface area contributed by atoms with Gasteiger partial charge in [0.15, 0.2) is 0 Å². The van der Waals surface area contributed by atoms with Gasteiger partial charge in [-0.2, -0.15) is 13.2 Å². The van der Waals surface area contributed by atoms with Gasteiger partial charge in [-0.05, 0) is 67.8 Å². The van der Waals surface area contributed by atoms with E-state index in [9.17, 15) is 31.2 Å². The molecule has 0 aliphatic carbocycles. The lowest BCUT2D eigenvalue weighted by molar-refractivity contribution is -0.139. The van der Waals surface area contributed by atoms with Crippen molar-refractivity contribution in [2.45, 2.75) is 51.4 Å². The van der Waals surface area contributed by atoms with Crippen LogP contribution in [0.25, 0.3) is 0 Å². The quantitative estimate of drug-likeness (QED) is 0.293. The molecule has 0 aliphatic heterocycles. The van der Waals surface area contributed by atoms with Crippen molar-refractivity contribution in [1.82, 2.24) is 10.2 Å². The van der Waals surface area contributed by atoms with Crippen LogP contribution in [-0.2, 0) is 32.3 Å². The van der Waals surface area contributed by atoms with Crippen LogP contribution in [0.15, 0.2) is 77.7 Å². The van der Waals surface area contributed by atoms with Crippen LogP contribution in [0, 0.1) is 12.8 Å². The Hall–Kier alpha value is -4.06. The molecule has 1 atom stereocenters. The molecule has 1 unspecified atom stereocenters. The molecule has 8 nitrogen and oxygen atoms in total. The number of anilines is 1. The number of rotatable bonds is 12. The molecule has 3 rings (SSSR count). The van der Waals surface area contributed by atoms with Gasteiger partial charge in [0.25, 0.3) is 10.0 Å². The summed E-state index contributed by atoms with van der Waals surface area (Å²) < 4.78 is 74.5. The Morgan fingerprint density at radius 1 is 0.953 bits per heavy atom. The fourth-order valence-electron chi connectivity index (χ4n) is 4.21. The van der Waals surface area contributed by atoms with Gasteiger partial charge in [0.2, 0.25) is 11.8 Å².